The first kappa shape index (κ1) is 23.9. The molecular weight excluding hydrogens is 401 g/mol. The first-order valence-electron chi connectivity index (χ1n) is 10.1. The van der Waals surface area contributed by atoms with E-state index in [0.717, 1.165) is 5.56 Å². The molecule has 166 valence electrons. The average molecular weight is 429 g/mol. The van der Waals surface area contributed by atoms with Crippen molar-refractivity contribution in [3.8, 4) is 0 Å². The second kappa shape index (κ2) is 11.7. The molecule has 0 saturated carbocycles. The predicted molar refractivity (Wildman–Crippen MR) is 114 cm³/mol. The SMILES string of the molecule is CC(C)C[C@H](NC(=O)[C@H](Cc1cccc(F)c1)NC(=O)OCc1ccccc1)C(N)=O. The Labute approximate surface area is 181 Å². The fraction of sp³-hybridized carbons (Fsp3) is 0.348. The molecule has 2 atom stereocenters. The molecule has 0 bridgehead atoms. The Balaban J connectivity index is 2.10. The van der Waals surface area contributed by atoms with Crippen LogP contribution in [0.15, 0.2) is 54.6 Å². The third-order valence-corrected chi connectivity index (χ3v) is 4.52. The van der Waals surface area contributed by atoms with Gasteiger partial charge in [-0.3, -0.25) is 9.59 Å². The van der Waals surface area contributed by atoms with E-state index in [9.17, 15) is 18.8 Å². The van der Waals surface area contributed by atoms with Crippen LogP contribution >= 0.6 is 0 Å². The Morgan fingerprint density at radius 3 is 2.26 bits per heavy atom. The van der Waals surface area contributed by atoms with Crippen LogP contribution in [0.3, 0.4) is 0 Å². The van der Waals surface area contributed by atoms with Crippen molar-refractivity contribution in [2.45, 2.75) is 45.4 Å². The Hall–Kier alpha value is -3.42. The zero-order chi connectivity index (χ0) is 22.8. The van der Waals surface area contributed by atoms with E-state index < -0.39 is 35.8 Å². The first-order chi connectivity index (χ1) is 14.7. The van der Waals surface area contributed by atoms with E-state index in [1.807, 2.05) is 32.0 Å². The summed E-state index contributed by atoms with van der Waals surface area (Å²) in [6, 6.07) is 12.8. The summed E-state index contributed by atoms with van der Waals surface area (Å²) in [7, 11) is 0. The lowest BCUT2D eigenvalue weighted by Gasteiger charge is -2.23. The lowest BCUT2D eigenvalue weighted by Crippen LogP contribution is -2.54. The minimum atomic E-state index is -1.08. The van der Waals surface area contributed by atoms with Crippen LogP contribution < -0.4 is 16.4 Å². The van der Waals surface area contributed by atoms with Gasteiger partial charge in [0.15, 0.2) is 0 Å². The number of halogens is 1. The molecule has 4 N–H and O–H groups in total. The second-order valence-electron chi connectivity index (χ2n) is 7.69. The first-order valence-corrected chi connectivity index (χ1v) is 10.1. The molecule has 0 aliphatic carbocycles. The summed E-state index contributed by atoms with van der Waals surface area (Å²) in [5.41, 5.74) is 6.69. The number of carbonyl (C=O) groups is 3. The fourth-order valence-electron chi connectivity index (χ4n) is 3.01. The fourth-order valence-corrected chi connectivity index (χ4v) is 3.01. The number of nitrogens with two attached hydrogens (primary N) is 1. The molecule has 0 spiro atoms. The van der Waals surface area contributed by atoms with E-state index >= 15 is 0 Å². The van der Waals surface area contributed by atoms with Gasteiger partial charge in [-0.2, -0.15) is 0 Å². The maximum absolute atomic E-state index is 13.6. The number of hydrogen-bond acceptors (Lipinski definition) is 4. The van der Waals surface area contributed by atoms with Gasteiger partial charge >= 0.3 is 6.09 Å². The molecule has 0 aromatic heterocycles. The third kappa shape index (κ3) is 8.46. The van der Waals surface area contributed by atoms with Crippen LogP contribution in [-0.4, -0.2) is 30.0 Å². The number of amides is 3. The Kier molecular flexibility index (Phi) is 8.99. The van der Waals surface area contributed by atoms with Crippen LogP contribution in [0.1, 0.15) is 31.4 Å². The van der Waals surface area contributed by atoms with Gasteiger partial charge in [-0.15, -0.1) is 0 Å². The molecule has 2 aromatic rings. The highest BCUT2D eigenvalue weighted by molar-refractivity contribution is 5.90. The van der Waals surface area contributed by atoms with Gasteiger partial charge in [-0.1, -0.05) is 56.3 Å². The van der Waals surface area contributed by atoms with Crippen LogP contribution in [0, 0.1) is 11.7 Å². The van der Waals surface area contributed by atoms with Crippen molar-refractivity contribution < 1.29 is 23.5 Å². The van der Waals surface area contributed by atoms with E-state index in [0.29, 0.717) is 12.0 Å². The lowest BCUT2D eigenvalue weighted by molar-refractivity contribution is -0.128. The van der Waals surface area contributed by atoms with Gasteiger partial charge in [0.2, 0.25) is 11.8 Å². The molecule has 8 heteroatoms. The van der Waals surface area contributed by atoms with Crippen molar-refractivity contribution in [2.24, 2.45) is 11.7 Å². The zero-order valence-corrected chi connectivity index (χ0v) is 17.6. The van der Waals surface area contributed by atoms with Crippen molar-refractivity contribution in [3.63, 3.8) is 0 Å². The van der Waals surface area contributed by atoms with Crippen LogP contribution in [0.4, 0.5) is 9.18 Å². The van der Waals surface area contributed by atoms with Gasteiger partial charge in [0, 0.05) is 6.42 Å². The zero-order valence-electron chi connectivity index (χ0n) is 17.6. The molecule has 0 fully saturated rings. The Morgan fingerprint density at radius 2 is 1.65 bits per heavy atom. The van der Waals surface area contributed by atoms with Crippen LogP contribution in [0.25, 0.3) is 0 Å². The topological polar surface area (TPSA) is 111 Å². The number of benzene rings is 2. The van der Waals surface area contributed by atoms with Gasteiger partial charge in [-0.05, 0) is 35.6 Å². The van der Waals surface area contributed by atoms with Crippen LogP contribution in [0.2, 0.25) is 0 Å². The van der Waals surface area contributed by atoms with Crippen molar-refractivity contribution >= 4 is 17.9 Å². The number of nitrogens with one attached hydrogen (secondary N) is 2. The predicted octanol–water partition coefficient (Wildman–Crippen LogP) is 2.68. The molecule has 2 aromatic carbocycles. The molecule has 3 amide bonds. The molecule has 31 heavy (non-hydrogen) atoms. The largest absolute Gasteiger partial charge is 0.445 e. The molecule has 0 heterocycles. The van der Waals surface area contributed by atoms with E-state index in [-0.39, 0.29) is 18.9 Å². The van der Waals surface area contributed by atoms with Crippen molar-refractivity contribution in [3.05, 3.63) is 71.5 Å². The highest BCUT2D eigenvalue weighted by atomic mass is 19.1. The quantitative estimate of drug-likeness (QED) is 0.539. The Morgan fingerprint density at radius 1 is 0.968 bits per heavy atom. The van der Waals surface area contributed by atoms with E-state index in [1.165, 1.54) is 18.2 Å². The number of hydrogen-bond donors (Lipinski definition) is 3. The summed E-state index contributed by atoms with van der Waals surface area (Å²) in [5, 5.41) is 5.09. The molecule has 0 saturated heterocycles. The number of carbonyl (C=O) groups excluding carboxylic acids is 3. The number of ether oxygens (including phenoxy) is 1. The van der Waals surface area contributed by atoms with Gasteiger partial charge < -0.3 is 21.1 Å². The smallest absolute Gasteiger partial charge is 0.408 e. The summed E-state index contributed by atoms with van der Waals surface area (Å²) in [5.74, 6) is -1.62. The maximum Gasteiger partial charge on any atom is 0.408 e. The standard InChI is InChI=1S/C23H28FN3O4/c1-15(2)11-19(21(25)28)26-22(29)20(13-17-9-6-10-18(24)12-17)27-23(30)31-14-16-7-4-3-5-8-16/h3-10,12,15,19-20H,11,13-14H2,1-2H3,(H2,25,28)(H,26,29)(H,27,30)/t19-,20-/m0/s1. The molecule has 0 aliphatic rings. The maximum atomic E-state index is 13.6. The summed E-state index contributed by atoms with van der Waals surface area (Å²) in [4.78, 5) is 36.9. The van der Waals surface area contributed by atoms with Crippen LogP contribution in [0.5, 0.6) is 0 Å². The minimum absolute atomic E-state index is 0.0111. The van der Waals surface area contributed by atoms with Gasteiger partial charge in [-0.25, -0.2) is 9.18 Å². The van der Waals surface area contributed by atoms with Gasteiger partial charge in [0.25, 0.3) is 0 Å². The number of rotatable bonds is 10. The van der Waals surface area contributed by atoms with Gasteiger partial charge in [0.05, 0.1) is 0 Å². The van der Waals surface area contributed by atoms with Crippen molar-refractivity contribution in [1.29, 1.82) is 0 Å². The van der Waals surface area contributed by atoms with E-state index in [1.54, 1.807) is 18.2 Å². The molecule has 0 aliphatic heterocycles. The van der Waals surface area contributed by atoms with Crippen LogP contribution in [-0.2, 0) is 27.4 Å². The van der Waals surface area contributed by atoms with E-state index in [2.05, 4.69) is 10.6 Å². The van der Waals surface area contributed by atoms with E-state index in [4.69, 9.17) is 10.5 Å². The minimum Gasteiger partial charge on any atom is -0.445 e. The summed E-state index contributed by atoms with van der Waals surface area (Å²) < 4.78 is 18.8. The number of primary amides is 1. The highest BCUT2D eigenvalue weighted by Gasteiger charge is 2.27. The molecule has 7 nitrogen and oxygen atoms in total. The highest BCUT2D eigenvalue weighted by Crippen LogP contribution is 2.10. The monoisotopic (exact) mass is 429 g/mol. The second-order valence-corrected chi connectivity index (χ2v) is 7.69. The normalized spacial score (nSPS) is 12.6. The number of alkyl carbamates (subject to hydrolysis) is 1. The summed E-state index contributed by atoms with van der Waals surface area (Å²) >= 11 is 0. The molecule has 0 unspecified atom stereocenters. The van der Waals surface area contributed by atoms with Crippen molar-refractivity contribution in [2.75, 3.05) is 0 Å². The summed E-state index contributed by atoms with van der Waals surface area (Å²) in [6.45, 7) is 3.81. The molecule has 2 rings (SSSR count). The van der Waals surface area contributed by atoms with Crippen molar-refractivity contribution in [1.82, 2.24) is 10.6 Å². The third-order valence-electron chi connectivity index (χ3n) is 4.52. The average Bonchev–Trinajstić information content (AvgIpc) is 2.71. The molecular formula is C23H28FN3O4. The summed E-state index contributed by atoms with van der Waals surface area (Å²) in [6.07, 6.45) is -0.441. The lowest BCUT2D eigenvalue weighted by atomic mass is 10.0. The Bertz CT molecular complexity index is 889. The van der Waals surface area contributed by atoms with Gasteiger partial charge in [0.1, 0.15) is 24.5 Å². The molecule has 0 radical (unpaired) electrons.